The molecule has 1 N–H and O–H groups in total. The van der Waals surface area contributed by atoms with Crippen molar-refractivity contribution in [1.29, 1.82) is 0 Å². The van der Waals surface area contributed by atoms with Crippen LogP contribution in [0.5, 0.6) is 0 Å². The third-order valence-corrected chi connectivity index (χ3v) is 5.93. The standard InChI is InChI=1S/C16H23F3N3O6P/c1-3-27-29(25,28-4-2)11-20-13-10-14(21-5-7-26-8-6-21)12(16(17,18)19)9-15(13)22(23)24/h9-10,20H,3-8,11H2,1-2H3. The molecule has 13 heteroatoms. The monoisotopic (exact) mass is 441 g/mol. The highest BCUT2D eigenvalue weighted by molar-refractivity contribution is 7.53. The molecule has 1 aliphatic heterocycles. The van der Waals surface area contributed by atoms with Gasteiger partial charge in [0.2, 0.25) is 0 Å². The Kier molecular flexibility index (Phi) is 7.87. The van der Waals surface area contributed by atoms with Gasteiger partial charge in [0.25, 0.3) is 5.69 Å². The lowest BCUT2D eigenvalue weighted by molar-refractivity contribution is -0.384. The molecule has 164 valence electrons. The maximum Gasteiger partial charge on any atom is 0.418 e. The number of nitrogens with one attached hydrogen (secondary N) is 1. The molecule has 0 spiro atoms. The molecule has 0 unspecified atom stereocenters. The zero-order valence-corrected chi connectivity index (χ0v) is 16.9. The van der Waals surface area contributed by atoms with Crippen LogP contribution in [0.2, 0.25) is 0 Å². The number of ether oxygens (including phenoxy) is 1. The van der Waals surface area contributed by atoms with E-state index in [2.05, 4.69) is 5.32 Å². The molecule has 1 heterocycles. The smallest absolute Gasteiger partial charge is 0.378 e. The normalized spacial score (nSPS) is 15.4. The number of nitro benzene ring substituents is 1. The number of rotatable bonds is 9. The van der Waals surface area contributed by atoms with Crippen LogP contribution >= 0.6 is 7.60 Å². The van der Waals surface area contributed by atoms with Crippen molar-refractivity contribution in [2.75, 3.05) is 56.0 Å². The molecule has 29 heavy (non-hydrogen) atoms. The lowest BCUT2D eigenvalue weighted by Crippen LogP contribution is -2.37. The average Bonchev–Trinajstić information content (AvgIpc) is 2.66. The second kappa shape index (κ2) is 9.75. The topological polar surface area (TPSA) is 103 Å². The van der Waals surface area contributed by atoms with E-state index in [-0.39, 0.29) is 50.9 Å². The first kappa shape index (κ1) is 23.4. The minimum Gasteiger partial charge on any atom is -0.378 e. The summed E-state index contributed by atoms with van der Waals surface area (Å²) in [6, 6.07) is 1.54. The highest BCUT2D eigenvalue weighted by atomic mass is 31.2. The van der Waals surface area contributed by atoms with E-state index in [1.165, 1.54) is 4.90 Å². The Morgan fingerprint density at radius 2 is 1.83 bits per heavy atom. The van der Waals surface area contributed by atoms with Crippen LogP contribution in [0.15, 0.2) is 12.1 Å². The van der Waals surface area contributed by atoms with E-state index >= 15 is 0 Å². The van der Waals surface area contributed by atoms with Crippen molar-refractivity contribution in [2.24, 2.45) is 0 Å². The molecule has 9 nitrogen and oxygen atoms in total. The maximum absolute atomic E-state index is 13.6. The molecule has 1 aromatic carbocycles. The molecule has 0 bridgehead atoms. The highest BCUT2D eigenvalue weighted by Crippen LogP contribution is 2.49. The van der Waals surface area contributed by atoms with Gasteiger partial charge in [-0.2, -0.15) is 13.2 Å². The third-order valence-electron chi connectivity index (χ3n) is 4.08. The summed E-state index contributed by atoms with van der Waals surface area (Å²) in [5.41, 5.74) is -2.32. The number of nitro groups is 1. The van der Waals surface area contributed by atoms with Gasteiger partial charge >= 0.3 is 13.8 Å². The predicted octanol–water partition coefficient (Wildman–Crippen LogP) is 4.09. The van der Waals surface area contributed by atoms with E-state index in [4.69, 9.17) is 13.8 Å². The van der Waals surface area contributed by atoms with Crippen molar-refractivity contribution in [3.8, 4) is 0 Å². The SMILES string of the molecule is CCOP(=O)(CNc1cc(N2CCOCC2)c(C(F)(F)F)cc1[N+](=O)[O-])OCC. The van der Waals surface area contributed by atoms with Gasteiger partial charge in [0.15, 0.2) is 0 Å². The number of nitrogens with zero attached hydrogens (tertiary/aromatic N) is 2. The molecule has 0 saturated carbocycles. The zero-order valence-electron chi connectivity index (χ0n) is 16.0. The Morgan fingerprint density at radius 1 is 1.24 bits per heavy atom. The number of benzene rings is 1. The third kappa shape index (κ3) is 6.05. The second-order valence-electron chi connectivity index (χ2n) is 6.02. The van der Waals surface area contributed by atoms with E-state index < -0.39 is 36.2 Å². The van der Waals surface area contributed by atoms with Crippen molar-refractivity contribution in [1.82, 2.24) is 0 Å². The molecule has 0 aliphatic carbocycles. The first-order chi connectivity index (χ1) is 13.6. The molecule has 1 aromatic rings. The van der Waals surface area contributed by atoms with Gasteiger partial charge in [-0.3, -0.25) is 14.7 Å². The minimum absolute atomic E-state index is 0.0765. The summed E-state index contributed by atoms with van der Waals surface area (Å²) in [7, 11) is -3.62. The van der Waals surface area contributed by atoms with Gasteiger partial charge < -0.3 is 24.0 Å². The molecule has 0 aromatic heterocycles. The first-order valence-corrected chi connectivity index (χ1v) is 10.7. The van der Waals surface area contributed by atoms with Crippen molar-refractivity contribution in [3.63, 3.8) is 0 Å². The van der Waals surface area contributed by atoms with Crippen molar-refractivity contribution >= 4 is 24.7 Å². The van der Waals surface area contributed by atoms with E-state index in [0.29, 0.717) is 6.07 Å². The molecule has 1 saturated heterocycles. The highest BCUT2D eigenvalue weighted by Gasteiger charge is 2.38. The van der Waals surface area contributed by atoms with E-state index in [1.54, 1.807) is 13.8 Å². The summed E-state index contributed by atoms with van der Waals surface area (Å²) in [6.07, 6.45) is -5.22. The number of hydrogen-bond acceptors (Lipinski definition) is 8. The second-order valence-corrected chi connectivity index (χ2v) is 8.08. The number of morpholine rings is 1. The van der Waals surface area contributed by atoms with Gasteiger partial charge in [-0.15, -0.1) is 0 Å². The van der Waals surface area contributed by atoms with Crippen molar-refractivity contribution in [3.05, 3.63) is 27.8 Å². The Morgan fingerprint density at radius 3 is 2.31 bits per heavy atom. The van der Waals surface area contributed by atoms with Crippen LogP contribution in [0, 0.1) is 10.1 Å². The van der Waals surface area contributed by atoms with Crippen LogP contribution in [0.3, 0.4) is 0 Å². The van der Waals surface area contributed by atoms with Gasteiger partial charge in [-0.1, -0.05) is 0 Å². The van der Waals surface area contributed by atoms with Crippen LogP contribution in [0.1, 0.15) is 19.4 Å². The summed E-state index contributed by atoms with van der Waals surface area (Å²) < 4.78 is 68.7. The van der Waals surface area contributed by atoms with Crippen molar-refractivity contribution < 1.29 is 36.4 Å². The summed E-state index contributed by atoms with van der Waals surface area (Å²) in [5.74, 6) is 0. The molecule has 1 fully saturated rings. The number of hydrogen-bond donors (Lipinski definition) is 1. The Balaban J connectivity index is 2.46. The fourth-order valence-electron chi connectivity index (χ4n) is 2.87. The molecule has 1 aliphatic rings. The largest absolute Gasteiger partial charge is 0.418 e. The average molecular weight is 441 g/mol. The fourth-order valence-corrected chi connectivity index (χ4v) is 4.27. The van der Waals surface area contributed by atoms with E-state index in [9.17, 15) is 27.9 Å². The van der Waals surface area contributed by atoms with E-state index in [0.717, 1.165) is 6.07 Å². The molecule has 2 rings (SSSR count). The van der Waals surface area contributed by atoms with Crippen LogP contribution in [0.4, 0.5) is 30.2 Å². The Labute approximate surface area is 165 Å². The molecule has 0 radical (unpaired) electrons. The lowest BCUT2D eigenvalue weighted by Gasteiger charge is -2.31. The van der Waals surface area contributed by atoms with E-state index in [1.807, 2.05) is 0 Å². The van der Waals surface area contributed by atoms with Crippen LogP contribution in [-0.2, 0) is 24.5 Å². The van der Waals surface area contributed by atoms with Gasteiger partial charge in [0, 0.05) is 19.2 Å². The predicted molar refractivity (Wildman–Crippen MR) is 100 cm³/mol. The summed E-state index contributed by atoms with van der Waals surface area (Å²) >= 11 is 0. The Bertz CT molecular complexity index is 761. The van der Waals surface area contributed by atoms with Crippen LogP contribution in [0.25, 0.3) is 0 Å². The van der Waals surface area contributed by atoms with Crippen LogP contribution < -0.4 is 10.2 Å². The fraction of sp³-hybridized carbons (Fsp3) is 0.625. The Hall–Kier alpha value is -1.88. The molecular weight excluding hydrogens is 418 g/mol. The number of halogens is 3. The maximum atomic E-state index is 13.6. The molecular formula is C16H23F3N3O6P. The quantitative estimate of drug-likeness (QED) is 0.347. The number of anilines is 2. The van der Waals surface area contributed by atoms with Gasteiger partial charge in [0.05, 0.1) is 42.6 Å². The lowest BCUT2D eigenvalue weighted by atomic mass is 10.1. The summed E-state index contributed by atoms with van der Waals surface area (Å²) in [4.78, 5) is 11.9. The first-order valence-electron chi connectivity index (χ1n) is 8.95. The summed E-state index contributed by atoms with van der Waals surface area (Å²) in [6.45, 7) is 4.24. The molecule has 0 amide bonds. The molecule has 0 atom stereocenters. The van der Waals surface area contributed by atoms with Gasteiger partial charge in [-0.25, -0.2) is 0 Å². The minimum atomic E-state index is -4.79. The number of alkyl halides is 3. The van der Waals surface area contributed by atoms with Gasteiger partial charge in [-0.05, 0) is 19.9 Å². The van der Waals surface area contributed by atoms with Crippen LogP contribution in [-0.4, -0.2) is 50.7 Å². The zero-order chi connectivity index (χ0) is 21.7. The van der Waals surface area contributed by atoms with Crippen molar-refractivity contribution in [2.45, 2.75) is 20.0 Å². The van der Waals surface area contributed by atoms with Gasteiger partial charge in [0.1, 0.15) is 12.0 Å². The summed E-state index contributed by atoms with van der Waals surface area (Å²) in [5, 5.41) is 14.0.